The van der Waals surface area contributed by atoms with Crippen LogP contribution < -0.4 is 0 Å². The van der Waals surface area contributed by atoms with Crippen LogP contribution in [0.4, 0.5) is 4.79 Å². The normalized spacial score (nSPS) is 29.0. The van der Waals surface area contributed by atoms with Crippen LogP contribution in [-0.4, -0.2) is 48.2 Å². The lowest BCUT2D eigenvalue weighted by atomic mass is 9.74. The summed E-state index contributed by atoms with van der Waals surface area (Å²) in [6.07, 6.45) is 8.82. The Labute approximate surface area is 153 Å². The number of rotatable bonds is 1. The number of ether oxygens (including phenoxy) is 1. The van der Waals surface area contributed by atoms with E-state index in [9.17, 15) is 9.90 Å². The van der Waals surface area contributed by atoms with Gasteiger partial charge in [-0.2, -0.15) is 0 Å². The van der Waals surface area contributed by atoms with Crippen LogP contribution in [0.15, 0.2) is 24.7 Å². The third kappa shape index (κ3) is 2.94. The molecule has 0 aliphatic carbocycles. The molecule has 1 amide bonds. The molecule has 4 rings (SSSR count). The van der Waals surface area contributed by atoms with E-state index in [1.807, 2.05) is 42.3 Å². The van der Waals surface area contributed by atoms with Gasteiger partial charge >= 0.3 is 6.09 Å². The molecule has 2 bridgehead atoms. The Kier molecular flexibility index (Phi) is 3.95. The van der Waals surface area contributed by atoms with Gasteiger partial charge in [0.15, 0.2) is 0 Å². The number of carbonyl (C=O) groups is 1. The summed E-state index contributed by atoms with van der Waals surface area (Å²) in [5, 5.41) is 11.5. The lowest BCUT2D eigenvalue weighted by Crippen LogP contribution is -2.59. The van der Waals surface area contributed by atoms with Crippen LogP contribution in [0.3, 0.4) is 0 Å². The smallest absolute Gasteiger partial charge is 0.410 e. The van der Waals surface area contributed by atoms with Gasteiger partial charge in [0.25, 0.3) is 0 Å². The van der Waals surface area contributed by atoms with Crippen molar-refractivity contribution in [2.24, 2.45) is 0 Å². The van der Waals surface area contributed by atoms with E-state index < -0.39 is 11.2 Å². The lowest BCUT2D eigenvalue weighted by Gasteiger charge is -2.51. The molecule has 7 nitrogen and oxygen atoms in total. The van der Waals surface area contributed by atoms with E-state index in [0.717, 1.165) is 25.0 Å². The number of aliphatic hydroxyl groups is 1. The van der Waals surface area contributed by atoms with Gasteiger partial charge < -0.3 is 14.7 Å². The number of piperidine rings is 2. The largest absolute Gasteiger partial charge is 0.444 e. The maximum absolute atomic E-state index is 12.7. The van der Waals surface area contributed by atoms with E-state index in [1.54, 1.807) is 12.4 Å². The quantitative estimate of drug-likeness (QED) is 0.848. The van der Waals surface area contributed by atoms with Crippen molar-refractivity contribution >= 4 is 11.9 Å². The Hall–Kier alpha value is -2.15. The second kappa shape index (κ2) is 5.94. The SMILES string of the molecule is CC(C)(C)OC(=O)N1C2CCCC1CC(O)(c1cnc3ncccn13)C2. The van der Waals surface area contributed by atoms with Crippen molar-refractivity contribution in [3.05, 3.63) is 30.4 Å². The van der Waals surface area contributed by atoms with Crippen molar-refractivity contribution in [3.8, 4) is 0 Å². The highest BCUT2D eigenvalue weighted by molar-refractivity contribution is 5.69. The molecule has 2 unspecified atom stereocenters. The Bertz CT molecular complexity index is 812. The fourth-order valence-corrected chi connectivity index (χ4v) is 4.42. The molecular formula is C19H26N4O3. The van der Waals surface area contributed by atoms with E-state index in [4.69, 9.17) is 4.74 Å². The van der Waals surface area contributed by atoms with Gasteiger partial charge in [-0.1, -0.05) is 0 Å². The first-order valence-electron chi connectivity index (χ1n) is 9.29. The minimum absolute atomic E-state index is 0.0235. The average Bonchev–Trinajstić information content (AvgIpc) is 2.97. The molecule has 0 saturated carbocycles. The van der Waals surface area contributed by atoms with Crippen LogP contribution in [0, 0.1) is 0 Å². The molecule has 2 fully saturated rings. The zero-order valence-electron chi connectivity index (χ0n) is 15.6. The van der Waals surface area contributed by atoms with Gasteiger partial charge in [-0.3, -0.25) is 4.40 Å². The zero-order valence-corrected chi connectivity index (χ0v) is 15.6. The van der Waals surface area contributed by atoms with Crippen LogP contribution in [0.1, 0.15) is 58.6 Å². The van der Waals surface area contributed by atoms with Crippen LogP contribution >= 0.6 is 0 Å². The number of imidazole rings is 1. The molecule has 2 aromatic heterocycles. The molecule has 0 radical (unpaired) electrons. The van der Waals surface area contributed by atoms with Crippen LogP contribution in [-0.2, 0) is 10.3 Å². The number of carbonyl (C=O) groups excluding carboxylic acids is 1. The molecule has 2 aliphatic rings. The van der Waals surface area contributed by atoms with Crippen molar-refractivity contribution in [1.82, 2.24) is 19.3 Å². The van der Waals surface area contributed by atoms with Crippen molar-refractivity contribution in [3.63, 3.8) is 0 Å². The summed E-state index contributed by atoms with van der Waals surface area (Å²) in [5.74, 6) is 0.579. The predicted molar refractivity (Wildman–Crippen MR) is 95.6 cm³/mol. The summed E-state index contributed by atoms with van der Waals surface area (Å²) in [4.78, 5) is 23.2. The number of aromatic nitrogens is 3. The Morgan fingerprint density at radius 3 is 2.62 bits per heavy atom. The monoisotopic (exact) mass is 358 g/mol. The number of fused-ring (bicyclic) bond motifs is 3. The Balaban J connectivity index is 1.64. The summed E-state index contributed by atoms with van der Waals surface area (Å²) < 4.78 is 7.47. The predicted octanol–water partition coefficient (Wildman–Crippen LogP) is 2.87. The van der Waals surface area contributed by atoms with Crippen molar-refractivity contribution < 1.29 is 14.6 Å². The Morgan fingerprint density at radius 1 is 1.27 bits per heavy atom. The van der Waals surface area contributed by atoms with Crippen molar-refractivity contribution in [2.45, 2.75) is 76.2 Å². The summed E-state index contributed by atoms with van der Waals surface area (Å²) in [6, 6.07) is 1.78. The molecule has 1 N–H and O–H groups in total. The molecule has 2 atom stereocenters. The van der Waals surface area contributed by atoms with E-state index >= 15 is 0 Å². The van der Waals surface area contributed by atoms with Gasteiger partial charge in [0.1, 0.15) is 11.2 Å². The van der Waals surface area contributed by atoms with Crippen LogP contribution in [0.25, 0.3) is 5.78 Å². The number of hydrogen-bond donors (Lipinski definition) is 1. The van der Waals surface area contributed by atoms with E-state index in [2.05, 4.69) is 9.97 Å². The van der Waals surface area contributed by atoms with E-state index in [0.29, 0.717) is 18.6 Å². The summed E-state index contributed by atoms with van der Waals surface area (Å²) in [6.45, 7) is 5.64. The maximum atomic E-state index is 12.7. The second-order valence-electron chi connectivity index (χ2n) is 8.50. The Morgan fingerprint density at radius 2 is 1.96 bits per heavy atom. The minimum atomic E-state index is -1.02. The van der Waals surface area contributed by atoms with E-state index in [-0.39, 0.29) is 18.2 Å². The average molecular weight is 358 g/mol. The molecule has 2 aliphatic heterocycles. The van der Waals surface area contributed by atoms with Gasteiger partial charge in [0.05, 0.1) is 11.9 Å². The van der Waals surface area contributed by atoms with Crippen molar-refractivity contribution in [2.75, 3.05) is 0 Å². The molecule has 7 heteroatoms. The third-order valence-corrected chi connectivity index (χ3v) is 5.38. The summed E-state index contributed by atoms with van der Waals surface area (Å²) in [5.41, 5.74) is -0.787. The first-order chi connectivity index (χ1) is 12.3. The van der Waals surface area contributed by atoms with Gasteiger partial charge in [-0.15, -0.1) is 0 Å². The lowest BCUT2D eigenvalue weighted by molar-refractivity contribution is -0.0988. The molecule has 4 heterocycles. The van der Waals surface area contributed by atoms with Gasteiger partial charge in [0, 0.05) is 37.3 Å². The minimum Gasteiger partial charge on any atom is -0.444 e. The summed E-state index contributed by atoms with van der Waals surface area (Å²) >= 11 is 0. The summed E-state index contributed by atoms with van der Waals surface area (Å²) in [7, 11) is 0. The number of hydrogen-bond acceptors (Lipinski definition) is 5. The number of nitrogens with zero attached hydrogens (tertiary/aromatic N) is 4. The fourth-order valence-electron chi connectivity index (χ4n) is 4.42. The van der Waals surface area contributed by atoms with Crippen LogP contribution in [0.2, 0.25) is 0 Å². The van der Waals surface area contributed by atoms with Gasteiger partial charge in [0.2, 0.25) is 5.78 Å². The molecule has 2 aromatic rings. The molecule has 26 heavy (non-hydrogen) atoms. The second-order valence-corrected chi connectivity index (χ2v) is 8.50. The molecule has 140 valence electrons. The first-order valence-corrected chi connectivity index (χ1v) is 9.29. The third-order valence-electron chi connectivity index (χ3n) is 5.38. The highest BCUT2D eigenvalue weighted by atomic mass is 16.6. The number of amides is 1. The van der Waals surface area contributed by atoms with Gasteiger partial charge in [-0.05, 0) is 46.1 Å². The fraction of sp³-hybridized carbons (Fsp3) is 0.632. The topological polar surface area (TPSA) is 80.0 Å². The zero-order chi connectivity index (χ0) is 18.5. The standard InChI is InChI=1S/C19H26N4O3/c1-18(2,3)26-17(24)23-13-6-4-7-14(23)11-19(25,10-13)15-12-21-16-20-8-5-9-22(15)16/h5,8-9,12-14,25H,4,6-7,10-11H2,1-3H3. The van der Waals surface area contributed by atoms with E-state index in [1.165, 1.54) is 0 Å². The van der Waals surface area contributed by atoms with Crippen molar-refractivity contribution in [1.29, 1.82) is 0 Å². The van der Waals surface area contributed by atoms with Gasteiger partial charge in [-0.25, -0.2) is 14.8 Å². The molecule has 0 aromatic carbocycles. The highest BCUT2D eigenvalue weighted by Crippen LogP contribution is 2.44. The molecular weight excluding hydrogens is 332 g/mol. The first kappa shape index (κ1) is 17.3. The molecule has 2 saturated heterocycles. The van der Waals surface area contributed by atoms with Crippen LogP contribution in [0.5, 0.6) is 0 Å². The molecule has 0 spiro atoms. The maximum Gasteiger partial charge on any atom is 0.410 e. The highest BCUT2D eigenvalue weighted by Gasteiger charge is 2.50.